The van der Waals surface area contributed by atoms with Gasteiger partial charge in [-0.05, 0) is 26.7 Å². The third-order valence-corrected chi connectivity index (χ3v) is 3.28. The number of carbonyl (C=O) groups excluding carboxylic acids is 1. The summed E-state index contributed by atoms with van der Waals surface area (Å²) in [6, 6.07) is 0.196. The van der Waals surface area contributed by atoms with Gasteiger partial charge in [-0.1, -0.05) is 12.8 Å². The van der Waals surface area contributed by atoms with Crippen LogP contribution in [-0.4, -0.2) is 47.8 Å². The Morgan fingerprint density at radius 2 is 2.12 bits per heavy atom. The van der Waals surface area contributed by atoms with Gasteiger partial charge in [0.25, 0.3) is 0 Å². The van der Waals surface area contributed by atoms with Crippen molar-refractivity contribution in [2.24, 2.45) is 0 Å². The minimum Gasteiger partial charge on any atom is -0.465 e. The Labute approximate surface area is 97.6 Å². The van der Waals surface area contributed by atoms with Gasteiger partial charge in [0, 0.05) is 12.6 Å². The molecule has 16 heavy (non-hydrogen) atoms. The van der Waals surface area contributed by atoms with Crippen molar-refractivity contribution in [3.8, 4) is 0 Å². The Morgan fingerprint density at radius 1 is 1.50 bits per heavy atom. The van der Waals surface area contributed by atoms with Gasteiger partial charge in [-0.2, -0.15) is 0 Å². The Bertz CT molecular complexity index is 214. The zero-order chi connectivity index (χ0) is 12.0. The molecule has 4 nitrogen and oxygen atoms in total. The van der Waals surface area contributed by atoms with Crippen LogP contribution < -0.4 is 0 Å². The van der Waals surface area contributed by atoms with E-state index >= 15 is 0 Å². The highest BCUT2D eigenvalue weighted by molar-refractivity contribution is 5.75. The molecule has 94 valence electrons. The van der Waals surface area contributed by atoms with Gasteiger partial charge in [0.1, 0.15) is 6.04 Å². The predicted octanol–water partition coefficient (Wildman–Crippen LogP) is 1.17. The van der Waals surface area contributed by atoms with Crippen LogP contribution in [0.2, 0.25) is 0 Å². The van der Waals surface area contributed by atoms with E-state index in [0.717, 1.165) is 12.8 Å². The average molecular weight is 229 g/mol. The summed E-state index contributed by atoms with van der Waals surface area (Å²) in [6.07, 6.45) is 4.71. The van der Waals surface area contributed by atoms with E-state index in [1.807, 2.05) is 13.8 Å². The number of aliphatic hydroxyl groups is 1. The average Bonchev–Trinajstić information content (AvgIpc) is 2.78. The fourth-order valence-electron chi connectivity index (χ4n) is 2.44. The Kier molecular flexibility index (Phi) is 5.77. The van der Waals surface area contributed by atoms with Crippen LogP contribution in [0.4, 0.5) is 0 Å². The standard InChI is InChI=1S/C12H23NO3/c1-3-16-12(15)10(2)13(8-9-14)11-6-4-5-7-11/h10-11,14H,3-9H2,1-2H3. The van der Waals surface area contributed by atoms with Gasteiger partial charge in [0.15, 0.2) is 0 Å². The van der Waals surface area contributed by atoms with Crippen LogP contribution >= 0.6 is 0 Å². The fraction of sp³-hybridized carbons (Fsp3) is 0.917. The molecule has 1 rings (SSSR count). The molecule has 0 aromatic rings. The lowest BCUT2D eigenvalue weighted by atomic mass is 10.1. The van der Waals surface area contributed by atoms with E-state index in [2.05, 4.69) is 4.90 Å². The second kappa shape index (κ2) is 6.86. The number of esters is 1. The first-order chi connectivity index (χ1) is 7.70. The van der Waals surface area contributed by atoms with Crippen molar-refractivity contribution >= 4 is 5.97 Å². The Morgan fingerprint density at radius 3 is 2.62 bits per heavy atom. The number of ether oxygens (including phenoxy) is 1. The Hall–Kier alpha value is -0.610. The third-order valence-electron chi connectivity index (χ3n) is 3.28. The van der Waals surface area contributed by atoms with E-state index in [0.29, 0.717) is 19.2 Å². The minimum absolute atomic E-state index is 0.0975. The second-order valence-electron chi connectivity index (χ2n) is 4.33. The second-order valence-corrected chi connectivity index (χ2v) is 4.33. The molecule has 0 amide bonds. The molecule has 1 unspecified atom stereocenters. The summed E-state index contributed by atoms with van der Waals surface area (Å²) < 4.78 is 5.03. The largest absolute Gasteiger partial charge is 0.465 e. The molecule has 0 radical (unpaired) electrons. The molecule has 1 saturated carbocycles. The molecule has 0 bridgehead atoms. The first-order valence-corrected chi connectivity index (χ1v) is 6.24. The molecule has 4 heteroatoms. The quantitative estimate of drug-likeness (QED) is 0.695. The van der Waals surface area contributed by atoms with Crippen LogP contribution in [0.1, 0.15) is 39.5 Å². The van der Waals surface area contributed by atoms with Gasteiger partial charge in [0.2, 0.25) is 0 Å². The number of hydrogen-bond donors (Lipinski definition) is 1. The lowest BCUT2D eigenvalue weighted by Crippen LogP contribution is -2.46. The van der Waals surface area contributed by atoms with Crippen LogP contribution in [0, 0.1) is 0 Å². The molecule has 1 N–H and O–H groups in total. The van der Waals surface area contributed by atoms with E-state index in [-0.39, 0.29) is 18.6 Å². The lowest BCUT2D eigenvalue weighted by Gasteiger charge is -2.32. The molecular weight excluding hydrogens is 206 g/mol. The van der Waals surface area contributed by atoms with Crippen LogP contribution in [0.25, 0.3) is 0 Å². The highest BCUT2D eigenvalue weighted by Crippen LogP contribution is 2.25. The number of hydrogen-bond acceptors (Lipinski definition) is 4. The van der Waals surface area contributed by atoms with Crippen molar-refractivity contribution < 1.29 is 14.6 Å². The van der Waals surface area contributed by atoms with Gasteiger partial charge >= 0.3 is 5.97 Å². The zero-order valence-electron chi connectivity index (χ0n) is 10.3. The van der Waals surface area contributed by atoms with Crippen LogP contribution in [-0.2, 0) is 9.53 Å². The molecular formula is C12H23NO3. The first-order valence-electron chi connectivity index (χ1n) is 6.24. The van der Waals surface area contributed by atoms with Crippen LogP contribution in [0.5, 0.6) is 0 Å². The molecule has 1 atom stereocenters. The molecule has 1 fully saturated rings. The smallest absolute Gasteiger partial charge is 0.323 e. The van der Waals surface area contributed by atoms with E-state index in [1.54, 1.807) is 0 Å². The molecule has 0 aromatic carbocycles. The van der Waals surface area contributed by atoms with Crippen molar-refractivity contribution in [1.29, 1.82) is 0 Å². The topological polar surface area (TPSA) is 49.8 Å². The summed E-state index contributed by atoms with van der Waals surface area (Å²) in [5, 5.41) is 9.06. The van der Waals surface area contributed by atoms with Crippen molar-refractivity contribution in [3.05, 3.63) is 0 Å². The van der Waals surface area contributed by atoms with Crippen LogP contribution in [0.3, 0.4) is 0 Å². The summed E-state index contributed by atoms with van der Waals surface area (Å²) in [5.41, 5.74) is 0. The summed E-state index contributed by atoms with van der Waals surface area (Å²) in [5.74, 6) is -0.178. The summed E-state index contributed by atoms with van der Waals surface area (Å²) in [4.78, 5) is 13.8. The van der Waals surface area contributed by atoms with Crippen molar-refractivity contribution in [2.75, 3.05) is 19.8 Å². The summed E-state index contributed by atoms with van der Waals surface area (Å²) in [6.45, 7) is 4.76. The van der Waals surface area contributed by atoms with Crippen molar-refractivity contribution in [2.45, 2.75) is 51.6 Å². The third kappa shape index (κ3) is 3.46. The molecule has 0 heterocycles. The first kappa shape index (κ1) is 13.5. The number of rotatable bonds is 6. The van der Waals surface area contributed by atoms with Crippen molar-refractivity contribution in [1.82, 2.24) is 4.90 Å². The van der Waals surface area contributed by atoms with Crippen molar-refractivity contribution in [3.63, 3.8) is 0 Å². The zero-order valence-corrected chi connectivity index (χ0v) is 10.3. The molecule has 1 aliphatic rings. The van der Waals surface area contributed by atoms with E-state index in [1.165, 1.54) is 12.8 Å². The molecule has 0 aromatic heterocycles. The Balaban J connectivity index is 2.56. The summed E-state index contributed by atoms with van der Waals surface area (Å²) in [7, 11) is 0. The van der Waals surface area contributed by atoms with Gasteiger partial charge in [-0.3, -0.25) is 9.69 Å². The normalized spacial score (nSPS) is 19.0. The lowest BCUT2D eigenvalue weighted by molar-refractivity contribution is -0.150. The van der Waals surface area contributed by atoms with Gasteiger partial charge in [-0.15, -0.1) is 0 Å². The maximum absolute atomic E-state index is 11.7. The van der Waals surface area contributed by atoms with E-state index in [9.17, 15) is 4.79 Å². The minimum atomic E-state index is -0.241. The van der Waals surface area contributed by atoms with Gasteiger partial charge in [0.05, 0.1) is 13.2 Å². The molecule has 0 saturated heterocycles. The number of aliphatic hydroxyl groups excluding tert-OH is 1. The van der Waals surface area contributed by atoms with Gasteiger partial charge in [-0.25, -0.2) is 0 Å². The predicted molar refractivity (Wildman–Crippen MR) is 62.1 cm³/mol. The molecule has 0 aliphatic heterocycles. The maximum atomic E-state index is 11.7. The molecule has 0 spiro atoms. The summed E-state index contributed by atoms with van der Waals surface area (Å²) >= 11 is 0. The number of nitrogens with zero attached hydrogens (tertiary/aromatic N) is 1. The molecule has 1 aliphatic carbocycles. The monoisotopic (exact) mass is 229 g/mol. The fourth-order valence-corrected chi connectivity index (χ4v) is 2.44. The number of carbonyl (C=O) groups is 1. The van der Waals surface area contributed by atoms with E-state index < -0.39 is 0 Å². The van der Waals surface area contributed by atoms with Gasteiger partial charge < -0.3 is 9.84 Å². The van der Waals surface area contributed by atoms with Crippen LogP contribution in [0.15, 0.2) is 0 Å². The highest BCUT2D eigenvalue weighted by Gasteiger charge is 2.30. The van der Waals surface area contributed by atoms with E-state index in [4.69, 9.17) is 9.84 Å². The SMILES string of the molecule is CCOC(=O)C(C)N(CCO)C1CCCC1. The highest BCUT2D eigenvalue weighted by atomic mass is 16.5. The maximum Gasteiger partial charge on any atom is 0.323 e.